The number of hydrogen-bond acceptors (Lipinski definition) is 5. The average molecular weight is 262 g/mol. The summed E-state index contributed by atoms with van der Waals surface area (Å²) < 4.78 is 0. The normalized spacial score (nSPS) is 16.7. The van der Waals surface area contributed by atoms with Gasteiger partial charge in [0.05, 0.1) is 6.33 Å². The van der Waals surface area contributed by atoms with Gasteiger partial charge in [0, 0.05) is 19.1 Å². The molecule has 0 aliphatic carbocycles. The van der Waals surface area contributed by atoms with Crippen LogP contribution in [0.5, 0.6) is 0 Å². The highest BCUT2D eigenvalue weighted by Crippen LogP contribution is 2.23. The molecule has 1 fully saturated rings. The lowest BCUT2D eigenvalue weighted by molar-refractivity contribution is 0.187. The molecule has 3 heterocycles. The zero-order chi connectivity index (χ0) is 13.2. The van der Waals surface area contributed by atoms with Gasteiger partial charge in [0.1, 0.15) is 11.8 Å². The van der Waals surface area contributed by atoms with Gasteiger partial charge in [-0.25, -0.2) is 19.7 Å². The Morgan fingerprint density at radius 3 is 2.89 bits per heavy atom. The number of aromatic amines is 1. The largest absolute Gasteiger partial charge is 0.465 e. The number of rotatable bonds is 2. The number of fused-ring (bicyclic) bond motifs is 1. The first-order chi connectivity index (χ1) is 9.24. The quantitative estimate of drug-likeness (QED) is 0.731. The fraction of sp³-hybridized carbons (Fsp3) is 0.455. The Bertz CT molecular complexity index is 590. The van der Waals surface area contributed by atoms with Gasteiger partial charge in [-0.3, -0.25) is 0 Å². The lowest BCUT2D eigenvalue weighted by Gasteiger charge is -2.32. The first-order valence-corrected chi connectivity index (χ1v) is 6.12. The van der Waals surface area contributed by atoms with E-state index in [0.29, 0.717) is 5.65 Å². The summed E-state index contributed by atoms with van der Waals surface area (Å²) in [6, 6.07) is 0.0212. The number of H-pyrrole nitrogens is 1. The molecule has 0 unspecified atom stereocenters. The monoisotopic (exact) mass is 262 g/mol. The molecule has 1 aliphatic rings. The number of nitrogens with zero attached hydrogens (tertiary/aromatic N) is 4. The Labute approximate surface area is 108 Å². The Morgan fingerprint density at radius 2 is 2.16 bits per heavy atom. The minimum Gasteiger partial charge on any atom is -0.465 e. The summed E-state index contributed by atoms with van der Waals surface area (Å²) in [5.41, 5.74) is 1.47. The number of hydrogen-bond donors (Lipinski definition) is 3. The molecule has 0 radical (unpaired) electrons. The van der Waals surface area contributed by atoms with Crippen LogP contribution in [0.3, 0.4) is 0 Å². The third kappa shape index (κ3) is 2.28. The molecular formula is C11H14N6O2. The number of aromatic nitrogens is 4. The van der Waals surface area contributed by atoms with E-state index in [1.54, 1.807) is 6.33 Å². The van der Waals surface area contributed by atoms with Crippen molar-refractivity contribution in [2.45, 2.75) is 18.9 Å². The van der Waals surface area contributed by atoms with Crippen LogP contribution in [0, 0.1) is 0 Å². The minimum absolute atomic E-state index is 0.0212. The van der Waals surface area contributed by atoms with Crippen LogP contribution in [0.15, 0.2) is 12.7 Å². The molecule has 1 saturated heterocycles. The maximum Gasteiger partial charge on any atom is 0.404 e. The molecule has 8 heteroatoms. The van der Waals surface area contributed by atoms with E-state index >= 15 is 0 Å². The highest BCUT2D eigenvalue weighted by Gasteiger charge is 2.23. The summed E-state index contributed by atoms with van der Waals surface area (Å²) in [6.07, 6.45) is 3.68. The van der Waals surface area contributed by atoms with E-state index < -0.39 is 6.09 Å². The zero-order valence-corrected chi connectivity index (χ0v) is 10.2. The number of nitrogens with one attached hydrogen (secondary N) is 2. The summed E-state index contributed by atoms with van der Waals surface area (Å²) in [6.45, 7) is 1.52. The average Bonchev–Trinajstić information content (AvgIpc) is 2.87. The van der Waals surface area contributed by atoms with Crippen LogP contribution >= 0.6 is 0 Å². The fourth-order valence-electron chi connectivity index (χ4n) is 2.40. The van der Waals surface area contributed by atoms with Crippen molar-refractivity contribution in [1.29, 1.82) is 0 Å². The van der Waals surface area contributed by atoms with E-state index in [4.69, 9.17) is 5.11 Å². The third-order valence-electron chi connectivity index (χ3n) is 3.33. The summed E-state index contributed by atoms with van der Waals surface area (Å²) >= 11 is 0. The molecule has 0 bridgehead atoms. The van der Waals surface area contributed by atoms with E-state index in [0.717, 1.165) is 37.3 Å². The molecule has 1 amide bonds. The van der Waals surface area contributed by atoms with Gasteiger partial charge >= 0.3 is 6.09 Å². The first-order valence-electron chi connectivity index (χ1n) is 6.12. The van der Waals surface area contributed by atoms with Gasteiger partial charge < -0.3 is 20.3 Å². The van der Waals surface area contributed by atoms with Crippen LogP contribution in [-0.2, 0) is 0 Å². The van der Waals surface area contributed by atoms with E-state index in [2.05, 4.69) is 30.2 Å². The van der Waals surface area contributed by atoms with E-state index in [1.807, 2.05) is 0 Å². The standard InChI is InChI=1S/C11H14N6O2/c18-11(19)16-7-1-3-17(4-2-7)10-8-9(13-5-12-8)14-6-15-10/h5-7,16H,1-4H2,(H,18,19)(H,12,13,14,15). The maximum absolute atomic E-state index is 10.6. The minimum atomic E-state index is -0.962. The van der Waals surface area contributed by atoms with Crippen LogP contribution in [0.4, 0.5) is 10.6 Å². The number of amides is 1. The number of carboxylic acid groups (broad SMARTS) is 1. The van der Waals surface area contributed by atoms with Crippen molar-refractivity contribution in [2.24, 2.45) is 0 Å². The molecule has 2 aromatic rings. The van der Waals surface area contributed by atoms with Crippen LogP contribution in [0.25, 0.3) is 11.2 Å². The topological polar surface area (TPSA) is 107 Å². The van der Waals surface area contributed by atoms with Gasteiger partial charge in [-0.15, -0.1) is 0 Å². The van der Waals surface area contributed by atoms with Crippen molar-refractivity contribution in [1.82, 2.24) is 25.3 Å². The van der Waals surface area contributed by atoms with Crippen molar-refractivity contribution in [3.8, 4) is 0 Å². The van der Waals surface area contributed by atoms with Crippen LogP contribution in [0.1, 0.15) is 12.8 Å². The fourth-order valence-corrected chi connectivity index (χ4v) is 2.40. The Hall–Kier alpha value is -2.38. The summed E-state index contributed by atoms with van der Waals surface area (Å²) in [5, 5.41) is 11.2. The molecule has 19 heavy (non-hydrogen) atoms. The first kappa shape index (κ1) is 11.7. The third-order valence-corrected chi connectivity index (χ3v) is 3.33. The summed E-state index contributed by atoms with van der Waals surface area (Å²) in [4.78, 5) is 28.3. The molecule has 8 nitrogen and oxygen atoms in total. The van der Waals surface area contributed by atoms with Gasteiger partial charge in [0.25, 0.3) is 0 Å². The van der Waals surface area contributed by atoms with Gasteiger partial charge in [-0.05, 0) is 12.8 Å². The highest BCUT2D eigenvalue weighted by molar-refractivity contribution is 5.82. The van der Waals surface area contributed by atoms with Gasteiger partial charge in [-0.1, -0.05) is 0 Å². The van der Waals surface area contributed by atoms with Gasteiger partial charge in [0.15, 0.2) is 11.5 Å². The van der Waals surface area contributed by atoms with Crippen molar-refractivity contribution in [3.63, 3.8) is 0 Å². The second-order valence-electron chi connectivity index (χ2n) is 4.51. The smallest absolute Gasteiger partial charge is 0.404 e. The lowest BCUT2D eigenvalue weighted by atomic mass is 10.1. The molecule has 3 N–H and O–H groups in total. The number of anilines is 1. The van der Waals surface area contributed by atoms with Crippen LogP contribution in [-0.4, -0.2) is 50.3 Å². The number of piperidine rings is 1. The van der Waals surface area contributed by atoms with Crippen molar-refractivity contribution < 1.29 is 9.90 Å². The van der Waals surface area contributed by atoms with E-state index in [9.17, 15) is 4.79 Å². The van der Waals surface area contributed by atoms with Gasteiger partial charge in [-0.2, -0.15) is 0 Å². The molecule has 0 atom stereocenters. The number of imidazole rings is 1. The SMILES string of the molecule is O=C(O)NC1CCN(c2ncnc3nc[nH]c23)CC1. The van der Waals surface area contributed by atoms with E-state index in [1.165, 1.54) is 6.33 Å². The Balaban J connectivity index is 1.75. The van der Waals surface area contributed by atoms with Crippen LogP contribution < -0.4 is 10.2 Å². The second-order valence-corrected chi connectivity index (χ2v) is 4.51. The predicted molar refractivity (Wildman–Crippen MR) is 68.1 cm³/mol. The molecule has 0 aromatic carbocycles. The lowest BCUT2D eigenvalue weighted by Crippen LogP contribution is -2.44. The van der Waals surface area contributed by atoms with Crippen molar-refractivity contribution >= 4 is 23.1 Å². The van der Waals surface area contributed by atoms with E-state index in [-0.39, 0.29) is 6.04 Å². The molecule has 1 aliphatic heterocycles. The molecule has 2 aromatic heterocycles. The summed E-state index contributed by atoms with van der Waals surface area (Å²) in [7, 11) is 0. The van der Waals surface area contributed by atoms with Crippen molar-refractivity contribution in [3.05, 3.63) is 12.7 Å². The predicted octanol–water partition coefficient (Wildman–Crippen LogP) is 0.589. The summed E-state index contributed by atoms with van der Waals surface area (Å²) in [5.74, 6) is 0.830. The molecule has 3 rings (SSSR count). The Morgan fingerprint density at radius 1 is 1.37 bits per heavy atom. The molecule has 100 valence electrons. The molecular weight excluding hydrogens is 248 g/mol. The second kappa shape index (κ2) is 4.71. The van der Waals surface area contributed by atoms with Crippen molar-refractivity contribution in [2.75, 3.05) is 18.0 Å². The molecule has 0 spiro atoms. The Kier molecular flexibility index (Phi) is 2.90. The van der Waals surface area contributed by atoms with Gasteiger partial charge in [0.2, 0.25) is 0 Å². The van der Waals surface area contributed by atoms with Crippen LogP contribution in [0.2, 0.25) is 0 Å². The molecule has 0 saturated carbocycles. The number of carbonyl (C=O) groups is 1. The zero-order valence-electron chi connectivity index (χ0n) is 10.2. The highest BCUT2D eigenvalue weighted by atomic mass is 16.4. The maximum atomic E-state index is 10.6.